The third-order valence-electron chi connectivity index (χ3n) is 5.78. The van der Waals surface area contributed by atoms with E-state index in [2.05, 4.69) is 9.97 Å². The molecule has 4 aliphatic carbocycles. The number of rotatable bonds is 2. The molecule has 4 fully saturated rings. The van der Waals surface area contributed by atoms with E-state index in [9.17, 15) is 9.90 Å². The van der Waals surface area contributed by atoms with Crippen LogP contribution in [0.1, 0.15) is 44.0 Å². The SMILES string of the molecule is NC(c1nc(O)cc(=O)[nH]1)C1C2CC3CC(C2)CC1C3. The molecular weight excluding hydrogens is 254 g/mol. The van der Waals surface area contributed by atoms with Gasteiger partial charge in [0.1, 0.15) is 5.82 Å². The summed E-state index contributed by atoms with van der Waals surface area (Å²) in [5, 5.41) is 9.51. The lowest BCUT2D eigenvalue weighted by Gasteiger charge is -2.55. The highest BCUT2D eigenvalue weighted by atomic mass is 16.3. The van der Waals surface area contributed by atoms with E-state index in [1.807, 2.05) is 0 Å². The molecule has 5 heteroatoms. The molecule has 108 valence electrons. The summed E-state index contributed by atoms with van der Waals surface area (Å²) in [6, 6.07) is 0.831. The smallest absolute Gasteiger partial charge is 0.254 e. The van der Waals surface area contributed by atoms with Crippen LogP contribution >= 0.6 is 0 Å². The molecule has 4 N–H and O–H groups in total. The monoisotopic (exact) mass is 275 g/mol. The van der Waals surface area contributed by atoms with Gasteiger partial charge in [-0.15, -0.1) is 0 Å². The summed E-state index contributed by atoms with van der Waals surface area (Å²) in [7, 11) is 0. The van der Waals surface area contributed by atoms with E-state index in [-0.39, 0.29) is 17.5 Å². The molecule has 1 atom stereocenters. The van der Waals surface area contributed by atoms with Gasteiger partial charge in [-0.1, -0.05) is 0 Å². The minimum atomic E-state index is -0.327. The maximum absolute atomic E-state index is 11.5. The molecule has 4 aliphatic rings. The molecule has 4 bridgehead atoms. The molecular formula is C15H21N3O2. The zero-order valence-corrected chi connectivity index (χ0v) is 11.5. The van der Waals surface area contributed by atoms with E-state index in [0.717, 1.165) is 17.9 Å². The molecule has 0 aliphatic heterocycles. The Morgan fingerprint density at radius 2 is 1.80 bits per heavy atom. The minimum absolute atomic E-state index is 0.233. The molecule has 1 unspecified atom stereocenters. The molecule has 4 saturated carbocycles. The van der Waals surface area contributed by atoms with Crippen LogP contribution < -0.4 is 11.3 Å². The van der Waals surface area contributed by atoms with Crippen LogP contribution in [0.2, 0.25) is 0 Å². The Bertz CT molecular complexity index is 555. The van der Waals surface area contributed by atoms with Gasteiger partial charge in [0.05, 0.1) is 12.1 Å². The van der Waals surface area contributed by atoms with E-state index in [4.69, 9.17) is 5.73 Å². The van der Waals surface area contributed by atoms with Gasteiger partial charge in [0.25, 0.3) is 5.56 Å². The third kappa shape index (κ3) is 1.87. The zero-order valence-electron chi connectivity index (χ0n) is 11.5. The van der Waals surface area contributed by atoms with E-state index in [1.165, 1.54) is 32.1 Å². The molecule has 0 radical (unpaired) electrons. The molecule has 1 aromatic heterocycles. The van der Waals surface area contributed by atoms with Crippen LogP contribution in [0.3, 0.4) is 0 Å². The number of aromatic nitrogens is 2. The summed E-state index contributed by atoms with van der Waals surface area (Å²) in [4.78, 5) is 18.2. The average Bonchev–Trinajstić information content (AvgIpc) is 2.35. The molecule has 5 nitrogen and oxygen atoms in total. The summed E-state index contributed by atoms with van der Waals surface area (Å²) in [5.41, 5.74) is 6.09. The van der Waals surface area contributed by atoms with Crippen molar-refractivity contribution in [2.24, 2.45) is 35.3 Å². The fourth-order valence-electron chi connectivity index (χ4n) is 5.36. The minimum Gasteiger partial charge on any atom is -0.493 e. The van der Waals surface area contributed by atoms with E-state index in [1.54, 1.807) is 0 Å². The summed E-state index contributed by atoms with van der Waals surface area (Å²) >= 11 is 0. The second-order valence-corrected chi connectivity index (χ2v) is 7.02. The van der Waals surface area contributed by atoms with Gasteiger partial charge in [-0.3, -0.25) is 4.79 Å². The number of aromatic amines is 1. The second-order valence-electron chi connectivity index (χ2n) is 7.02. The van der Waals surface area contributed by atoms with Gasteiger partial charge in [0.15, 0.2) is 0 Å². The quantitative estimate of drug-likeness (QED) is 0.763. The second kappa shape index (κ2) is 4.32. The predicted octanol–water partition coefficient (Wildman–Crippen LogP) is 1.55. The normalized spacial score (nSPS) is 40.0. The average molecular weight is 275 g/mol. The molecule has 1 aromatic rings. The molecule has 0 aromatic carbocycles. The predicted molar refractivity (Wildman–Crippen MR) is 74.0 cm³/mol. The largest absolute Gasteiger partial charge is 0.493 e. The molecule has 1 heterocycles. The molecule has 0 saturated heterocycles. The third-order valence-corrected chi connectivity index (χ3v) is 5.78. The molecule has 5 rings (SSSR count). The van der Waals surface area contributed by atoms with Gasteiger partial charge in [-0.2, -0.15) is 4.98 Å². The van der Waals surface area contributed by atoms with Crippen LogP contribution in [0.5, 0.6) is 5.88 Å². The van der Waals surface area contributed by atoms with Gasteiger partial charge >= 0.3 is 0 Å². The molecule has 20 heavy (non-hydrogen) atoms. The van der Waals surface area contributed by atoms with Crippen LogP contribution in [0, 0.1) is 29.6 Å². The van der Waals surface area contributed by atoms with Crippen LogP contribution in [0.15, 0.2) is 10.9 Å². The zero-order chi connectivity index (χ0) is 13.9. The topological polar surface area (TPSA) is 92.0 Å². The maximum Gasteiger partial charge on any atom is 0.254 e. The van der Waals surface area contributed by atoms with Gasteiger partial charge < -0.3 is 15.8 Å². The number of H-pyrrole nitrogens is 1. The number of aromatic hydroxyl groups is 1. The Morgan fingerprint density at radius 3 is 2.35 bits per heavy atom. The number of nitrogens with zero attached hydrogens (tertiary/aromatic N) is 1. The highest BCUT2D eigenvalue weighted by molar-refractivity contribution is 5.12. The lowest BCUT2D eigenvalue weighted by Crippen LogP contribution is -2.49. The van der Waals surface area contributed by atoms with Crippen LogP contribution in [0.4, 0.5) is 0 Å². The molecule has 0 spiro atoms. The van der Waals surface area contributed by atoms with Crippen molar-refractivity contribution in [1.29, 1.82) is 0 Å². The number of hydrogen-bond donors (Lipinski definition) is 3. The first-order valence-electron chi connectivity index (χ1n) is 7.66. The lowest BCUT2D eigenvalue weighted by molar-refractivity contribution is -0.0483. The van der Waals surface area contributed by atoms with Crippen molar-refractivity contribution in [3.05, 3.63) is 22.2 Å². The van der Waals surface area contributed by atoms with Crippen LogP contribution in [-0.4, -0.2) is 15.1 Å². The first-order valence-corrected chi connectivity index (χ1v) is 7.66. The summed E-state index contributed by atoms with van der Waals surface area (Å²) in [6.07, 6.45) is 6.56. The van der Waals surface area contributed by atoms with Gasteiger partial charge in [0.2, 0.25) is 5.88 Å². The van der Waals surface area contributed by atoms with Crippen molar-refractivity contribution < 1.29 is 5.11 Å². The van der Waals surface area contributed by atoms with Crippen molar-refractivity contribution in [2.75, 3.05) is 0 Å². The van der Waals surface area contributed by atoms with Crippen molar-refractivity contribution in [2.45, 2.75) is 38.1 Å². The number of hydrogen-bond acceptors (Lipinski definition) is 4. The Balaban J connectivity index is 1.65. The van der Waals surface area contributed by atoms with Crippen molar-refractivity contribution >= 4 is 0 Å². The summed E-state index contributed by atoms with van der Waals surface area (Å²) < 4.78 is 0. The van der Waals surface area contributed by atoms with Gasteiger partial charge in [0, 0.05) is 0 Å². The Morgan fingerprint density at radius 1 is 1.20 bits per heavy atom. The van der Waals surface area contributed by atoms with E-state index >= 15 is 0 Å². The first kappa shape index (κ1) is 12.4. The number of nitrogens with one attached hydrogen (secondary N) is 1. The maximum atomic E-state index is 11.5. The Labute approximate surface area is 117 Å². The molecule has 0 amide bonds. The van der Waals surface area contributed by atoms with Crippen LogP contribution in [0.25, 0.3) is 0 Å². The van der Waals surface area contributed by atoms with Crippen LogP contribution in [-0.2, 0) is 0 Å². The number of nitrogens with two attached hydrogens (primary N) is 1. The standard InChI is InChI=1S/C15H21N3O2/c16-14(15-17-11(19)6-12(20)18-15)13-9-2-7-1-8(4-9)5-10(13)3-7/h6-10,13-14H,1-5,16H2,(H2,17,18,19,20). The summed E-state index contributed by atoms with van der Waals surface area (Å²) in [6.45, 7) is 0. The lowest BCUT2D eigenvalue weighted by atomic mass is 9.50. The van der Waals surface area contributed by atoms with E-state index < -0.39 is 0 Å². The van der Waals surface area contributed by atoms with Crippen molar-refractivity contribution in [3.8, 4) is 5.88 Å². The fourth-order valence-corrected chi connectivity index (χ4v) is 5.36. The Kier molecular flexibility index (Phi) is 2.67. The van der Waals surface area contributed by atoms with Gasteiger partial charge in [-0.05, 0) is 61.7 Å². The highest BCUT2D eigenvalue weighted by Gasteiger charge is 2.50. The van der Waals surface area contributed by atoms with Crippen molar-refractivity contribution in [1.82, 2.24) is 9.97 Å². The van der Waals surface area contributed by atoms with Crippen molar-refractivity contribution in [3.63, 3.8) is 0 Å². The van der Waals surface area contributed by atoms with Gasteiger partial charge in [-0.25, -0.2) is 0 Å². The Hall–Kier alpha value is -1.36. The summed E-state index contributed by atoms with van der Waals surface area (Å²) in [5.74, 6) is 3.78. The first-order chi connectivity index (χ1) is 9.60. The fraction of sp³-hybridized carbons (Fsp3) is 0.733. The highest BCUT2D eigenvalue weighted by Crippen LogP contribution is 2.58. The van der Waals surface area contributed by atoms with E-state index in [0.29, 0.717) is 23.6 Å².